The van der Waals surface area contributed by atoms with Crippen LogP contribution in [0.3, 0.4) is 0 Å². The van der Waals surface area contributed by atoms with Gasteiger partial charge in [0.25, 0.3) is 0 Å². The molecule has 0 aromatic carbocycles. The largest absolute Gasteiger partial charge is 0.461 e. The first-order valence-electron chi connectivity index (χ1n) is 5.67. The minimum absolute atomic E-state index is 0.194. The third-order valence-corrected chi connectivity index (χ3v) is 2.01. The van der Waals surface area contributed by atoms with Crippen LogP contribution in [0.4, 0.5) is 0 Å². The summed E-state index contributed by atoms with van der Waals surface area (Å²) in [7, 11) is 1.00. The molecule has 0 saturated heterocycles. The van der Waals surface area contributed by atoms with Gasteiger partial charge in [0.1, 0.15) is 0 Å². The minimum atomic E-state index is -0.297. The molecular formula is C12H21N4O3+. The molecule has 0 aliphatic heterocycles. The maximum Gasteiger partial charge on any atom is 0.372 e. The molecule has 7 heteroatoms. The highest BCUT2D eigenvalue weighted by atomic mass is 16.5. The highest BCUT2D eigenvalue weighted by Gasteiger charge is 2.09. The highest BCUT2D eigenvalue weighted by Crippen LogP contribution is 1.92. The quantitative estimate of drug-likeness (QED) is 0.223. The summed E-state index contributed by atoms with van der Waals surface area (Å²) in [5.74, 6) is 4.75. The van der Waals surface area contributed by atoms with Crippen LogP contribution in [0.15, 0.2) is 42.5 Å². The third kappa shape index (κ3) is 8.58. The number of aliphatic hydroxyl groups excluding tert-OH is 1. The first-order chi connectivity index (χ1) is 9.22. The summed E-state index contributed by atoms with van der Waals surface area (Å²) in [5.41, 5.74) is 8.39. The Balaban J connectivity index is 0.00000154. The van der Waals surface area contributed by atoms with Crippen molar-refractivity contribution in [3.63, 3.8) is 0 Å². The van der Waals surface area contributed by atoms with Gasteiger partial charge in [-0.3, -0.25) is 5.84 Å². The van der Waals surface area contributed by atoms with Crippen LogP contribution in [0.2, 0.25) is 0 Å². The second-order valence-electron chi connectivity index (χ2n) is 3.40. The van der Waals surface area contributed by atoms with E-state index in [1.165, 1.54) is 6.20 Å². The lowest BCUT2D eigenvalue weighted by Crippen LogP contribution is -2.37. The van der Waals surface area contributed by atoms with E-state index < -0.39 is 0 Å². The fourth-order valence-corrected chi connectivity index (χ4v) is 1.20. The van der Waals surface area contributed by atoms with E-state index in [-0.39, 0.29) is 19.1 Å². The number of carbonyl (C=O) groups is 1. The summed E-state index contributed by atoms with van der Waals surface area (Å²) in [6, 6.07) is 5.58. The summed E-state index contributed by atoms with van der Waals surface area (Å²) < 4.78 is 6.75. The molecule has 106 valence electrons. The number of nitrogens with two attached hydrogens (primary N) is 2. The van der Waals surface area contributed by atoms with Crippen LogP contribution >= 0.6 is 0 Å². The minimum Gasteiger partial charge on any atom is -0.461 e. The molecule has 1 aromatic rings. The van der Waals surface area contributed by atoms with E-state index >= 15 is 0 Å². The van der Waals surface area contributed by atoms with Crippen LogP contribution in [0.5, 0.6) is 0 Å². The molecule has 0 radical (unpaired) electrons. The third-order valence-electron chi connectivity index (χ3n) is 2.01. The van der Waals surface area contributed by atoms with Crippen LogP contribution in [-0.4, -0.2) is 24.8 Å². The molecule has 0 amide bonds. The average Bonchev–Trinajstić information content (AvgIpc) is 2.42. The molecule has 6 N–H and O–H groups in total. The van der Waals surface area contributed by atoms with Crippen molar-refractivity contribution in [3.8, 4) is 0 Å². The Bertz CT molecular complexity index is 382. The zero-order valence-electron chi connectivity index (χ0n) is 11.0. The Morgan fingerprint density at radius 2 is 2.00 bits per heavy atom. The van der Waals surface area contributed by atoms with Crippen molar-refractivity contribution >= 4 is 5.97 Å². The van der Waals surface area contributed by atoms with Crippen molar-refractivity contribution in [3.05, 3.63) is 42.5 Å². The molecule has 0 unspecified atom stereocenters. The van der Waals surface area contributed by atoms with E-state index in [0.717, 1.165) is 7.11 Å². The van der Waals surface area contributed by atoms with Gasteiger partial charge < -0.3 is 21.0 Å². The van der Waals surface area contributed by atoms with Crippen molar-refractivity contribution in [1.29, 1.82) is 0 Å². The number of hydrogen-bond acceptors (Lipinski definition) is 6. The van der Waals surface area contributed by atoms with Gasteiger partial charge in [-0.1, -0.05) is 6.07 Å². The van der Waals surface area contributed by atoms with E-state index in [9.17, 15) is 4.79 Å². The monoisotopic (exact) mass is 269 g/mol. The number of nitrogens with zero attached hydrogens (tertiary/aromatic N) is 1. The standard InChI is InChI=1S/C11H17N4O2.CH4O/c12-10(8-14-13)4-7-17-11(16)9-15-5-2-1-3-6-15;1-2/h1-3,5-6,8,14H,4,7,9,12-13H2;2H,1H3/q+1;/b10-8-;. The number of pyridine rings is 1. The van der Waals surface area contributed by atoms with Crippen molar-refractivity contribution in [2.24, 2.45) is 11.6 Å². The molecular weight excluding hydrogens is 248 g/mol. The zero-order valence-corrected chi connectivity index (χ0v) is 11.0. The van der Waals surface area contributed by atoms with Gasteiger partial charge in [-0.25, -0.2) is 4.79 Å². The maximum atomic E-state index is 11.4. The Morgan fingerprint density at radius 1 is 1.37 bits per heavy atom. The summed E-state index contributed by atoms with van der Waals surface area (Å²) in [6.07, 6.45) is 5.51. The first-order valence-corrected chi connectivity index (χ1v) is 5.67. The number of aromatic nitrogens is 1. The molecule has 0 atom stereocenters. The van der Waals surface area contributed by atoms with E-state index in [1.807, 2.05) is 18.2 Å². The lowest BCUT2D eigenvalue weighted by atomic mass is 10.3. The topological polar surface area (TPSA) is 114 Å². The fraction of sp³-hybridized carbons (Fsp3) is 0.333. The number of hydrazine groups is 1. The van der Waals surface area contributed by atoms with E-state index in [4.69, 9.17) is 21.4 Å². The van der Waals surface area contributed by atoms with Gasteiger partial charge in [-0.2, -0.15) is 4.57 Å². The molecule has 0 aliphatic carbocycles. The molecule has 0 aliphatic rings. The van der Waals surface area contributed by atoms with Crippen LogP contribution in [0.1, 0.15) is 6.42 Å². The van der Waals surface area contributed by atoms with Crippen LogP contribution in [-0.2, 0) is 16.1 Å². The molecule has 1 aromatic heterocycles. The zero-order chi connectivity index (χ0) is 14.5. The number of hydrogen-bond donors (Lipinski definition) is 4. The first kappa shape index (κ1) is 16.9. The molecule has 1 heterocycles. The van der Waals surface area contributed by atoms with Crippen LogP contribution in [0, 0.1) is 0 Å². The Labute approximate surface area is 112 Å². The number of aliphatic hydroxyl groups is 1. The number of rotatable bonds is 6. The van der Waals surface area contributed by atoms with E-state index in [2.05, 4.69) is 5.43 Å². The molecule has 0 bridgehead atoms. The maximum absolute atomic E-state index is 11.4. The molecule has 7 nitrogen and oxygen atoms in total. The molecule has 19 heavy (non-hydrogen) atoms. The Kier molecular flexibility index (Phi) is 9.77. The van der Waals surface area contributed by atoms with E-state index in [1.54, 1.807) is 17.0 Å². The summed E-state index contributed by atoms with van der Waals surface area (Å²) in [5, 5.41) is 7.00. The lowest BCUT2D eigenvalue weighted by molar-refractivity contribution is -0.686. The van der Waals surface area contributed by atoms with E-state index in [0.29, 0.717) is 12.1 Å². The van der Waals surface area contributed by atoms with Gasteiger partial charge >= 0.3 is 5.97 Å². The van der Waals surface area contributed by atoms with Gasteiger partial charge in [0.05, 0.1) is 6.61 Å². The molecule has 0 spiro atoms. The lowest BCUT2D eigenvalue weighted by Gasteiger charge is -2.03. The van der Waals surface area contributed by atoms with Gasteiger partial charge in [0, 0.05) is 37.6 Å². The second kappa shape index (κ2) is 11.0. The Hall–Kier alpha value is -2.12. The summed E-state index contributed by atoms with van der Waals surface area (Å²) in [6.45, 7) is 0.440. The molecule has 0 fully saturated rings. The number of carbonyl (C=O) groups excluding carboxylic acids is 1. The van der Waals surface area contributed by atoms with Gasteiger partial charge in [-0.05, 0) is 0 Å². The second-order valence-corrected chi connectivity index (χ2v) is 3.40. The van der Waals surface area contributed by atoms with Crippen molar-refractivity contribution in [1.82, 2.24) is 5.43 Å². The number of nitrogens with one attached hydrogen (secondary N) is 1. The van der Waals surface area contributed by atoms with Gasteiger partial charge in [0.15, 0.2) is 12.4 Å². The van der Waals surface area contributed by atoms with Crippen molar-refractivity contribution in [2.45, 2.75) is 13.0 Å². The summed E-state index contributed by atoms with van der Waals surface area (Å²) in [4.78, 5) is 11.4. The smallest absolute Gasteiger partial charge is 0.372 e. The van der Waals surface area contributed by atoms with Crippen LogP contribution in [0.25, 0.3) is 0 Å². The number of ether oxygens (including phenoxy) is 1. The normalized spacial score (nSPS) is 10.2. The fourth-order valence-electron chi connectivity index (χ4n) is 1.20. The Morgan fingerprint density at radius 3 is 2.58 bits per heavy atom. The SMILES string of the molecule is CO.NN/C=C(\N)CCOC(=O)C[n+]1ccccc1. The molecule has 1 rings (SSSR count). The predicted octanol–water partition coefficient (Wildman–Crippen LogP) is -1.22. The van der Waals surface area contributed by atoms with Crippen molar-refractivity contribution in [2.75, 3.05) is 13.7 Å². The summed E-state index contributed by atoms with van der Waals surface area (Å²) >= 11 is 0. The van der Waals surface area contributed by atoms with Crippen LogP contribution < -0.4 is 21.6 Å². The van der Waals surface area contributed by atoms with Crippen molar-refractivity contribution < 1.29 is 19.2 Å². The number of esters is 1. The average molecular weight is 269 g/mol. The van der Waals surface area contributed by atoms with Gasteiger partial charge in [-0.15, -0.1) is 0 Å². The highest BCUT2D eigenvalue weighted by molar-refractivity contribution is 5.67. The predicted molar refractivity (Wildman–Crippen MR) is 69.9 cm³/mol. The van der Waals surface area contributed by atoms with Gasteiger partial charge in [0.2, 0.25) is 6.54 Å². The molecule has 0 saturated carbocycles.